The molecule has 1 saturated heterocycles. The fourth-order valence-electron chi connectivity index (χ4n) is 5.05. The fraction of sp³-hybridized carbons (Fsp3) is 0.394. The molecule has 4 unspecified atom stereocenters. The van der Waals surface area contributed by atoms with E-state index < -0.39 is 12.2 Å². The molecular weight excluding hydrogens is 534 g/mol. The lowest BCUT2D eigenvalue weighted by Gasteiger charge is -2.39. The number of carbonyl (C=O) groups excluding carboxylic acids is 2. The number of benzene rings is 3. The van der Waals surface area contributed by atoms with Gasteiger partial charge in [-0.15, -0.1) is 0 Å². The third-order valence-electron chi connectivity index (χ3n) is 7.72. The SMILES string of the molecule is CC(c1ccccc1)N(C)CC1CC(c2ccc(CO)cc2)OC(c2ccc(CNC(=O)CCCC(=O)NO)cc2)O1. The number of ether oxygens (including phenoxy) is 2. The average Bonchev–Trinajstić information content (AvgIpc) is 3.03. The molecule has 4 N–H and O–H groups in total. The van der Waals surface area contributed by atoms with E-state index in [-0.39, 0.29) is 43.6 Å². The molecule has 1 fully saturated rings. The van der Waals surface area contributed by atoms with Crippen molar-refractivity contribution in [1.82, 2.24) is 15.7 Å². The number of carbonyl (C=O) groups is 2. The minimum Gasteiger partial charge on any atom is -0.392 e. The van der Waals surface area contributed by atoms with Gasteiger partial charge >= 0.3 is 0 Å². The highest BCUT2D eigenvalue weighted by molar-refractivity contribution is 5.78. The zero-order valence-corrected chi connectivity index (χ0v) is 24.2. The molecule has 9 nitrogen and oxygen atoms in total. The highest BCUT2D eigenvalue weighted by Gasteiger charge is 2.33. The van der Waals surface area contributed by atoms with E-state index in [1.54, 1.807) is 5.48 Å². The maximum absolute atomic E-state index is 12.1. The zero-order chi connectivity index (χ0) is 29.9. The van der Waals surface area contributed by atoms with E-state index in [2.05, 4.69) is 48.5 Å². The molecule has 0 bridgehead atoms. The summed E-state index contributed by atoms with van der Waals surface area (Å²) in [6, 6.07) is 26.3. The number of likely N-dealkylation sites (N-methyl/N-ethyl adjacent to an activating group) is 1. The molecule has 0 aromatic heterocycles. The Bertz CT molecular complexity index is 1270. The molecule has 2 amide bonds. The topological polar surface area (TPSA) is 120 Å². The summed E-state index contributed by atoms with van der Waals surface area (Å²) in [4.78, 5) is 25.5. The second kappa shape index (κ2) is 15.6. The number of aliphatic hydroxyl groups excluding tert-OH is 1. The number of hydroxylamine groups is 1. The average molecular weight is 576 g/mol. The van der Waals surface area contributed by atoms with Crippen molar-refractivity contribution < 1.29 is 29.4 Å². The van der Waals surface area contributed by atoms with Gasteiger partial charge in [0.25, 0.3) is 0 Å². The first-order valence-corrected chi connectivity index (χ1v) is 14.4. The lowest BCUT2D eigenvalue weighted by atomic mass is 9.99. The van der Waals surface area contributed by atoms with E-state index in [1.165, 1.54) is 5.56 Å². The van der Waals surface area contributed by atoms with Crippen LogP contribution in [0.3, 0.4) is 0 Å². The van der Waals surface area contributed by atoms with Crippen molar-refractivity contribution in [2.75, 3.05) is 13.6 Å². The Hall–Kier alpha value is -3.60. The lowest BCUT2D eigenvalue weighted by molar-refractivity contribution is -0.253. The van der Waals surface area contributed by atoms with Gasteiger partial charge in [-0.2, -0.15) is 0 Å². The van der Waals surface area contributed by atoms with Crippen molar-refractivity contribution in [2.24, 2.45) is 0 Å². The molecule has 1 heterocycles. The third kappa shape index (κ3) is 8.95. The van der Waals surface area contributed by atoms with Gasteiger partial charge in [0.15, 0.2) is 6.29 Å². The monoisotopic (exact) mass is 575 g/mol. The minimum absolute atomic E-state index is 0.00396. The molecule has 9 heteroatoms. The van der Waals surface area contributed by atoms with E-state index in [9.17, 15) is 14.7 Å². The van der Waals surface area contributed by atoms with Crippen LogP contribution in [0.25, 0.3) is 0 Å². The van der Waals surface area contributed by atoms with Crippen LogP contribution in [-0.4, -0.2) is 46.7 Å². The molecule has 0 aliphatic carbocycles. The van der Waals surface area contributed by atoms with Crippen molar-refractivity contribution in [3.8, 4) is 0 Å². The standard InChI is InChI=1S/C33H41N3O6/c1-23(26-7-4-3-5-8-26)36(2)21-29-19-30(27-15-13-25(22-37)14-16-27)42-33(41-29)28-17-11-24(12-18-28)20-34-31(38)9-6-10-32(39)35-40/h3-5,7-8,11-18,23,29-30,33,37,40H,6,9-10,19-22H2,1-2H3,(H,34,38)(H,35,39). The van der Waals surface area contributed by atoms with Gasteiger partial charge in [0.1, 0.15) is 0 Å². The molecule has 224 valence electrons. The Labute approximate surface area is 247 Å². The molecule has 0 radical (unpaired) electrons. The Morgan fingerprint density at radius 1 is 0.905 bits per heavy atom. The van der Waals surface area contributed by atoms with E-state index >= 15 is 0 Å². The lowest BCUT2D eigenvalue weighted by Crippen LogP contribution is -2.38. The minimum atomic E-state index is -0.562. The van der Waals surface area contributed by atoms with Crippen LogP contribution in [0.5, 0.6) is 0 Å². The molecule has 1 aliphatic heterocycles. The summed E-state index contributed by atoms with van der Waals surface area (Å²) in [7, 11) is 2.11. The Morgan fingerprint density at radius 2 is 1.55 bits per heavy atom. The van der Waals surface area contributed by atoms with Crippen molar-refractivity contribution in [3.63, 3.8) is 0 Å². The van der Waals surface area contributed by atoms with Gasteiger partial charge in [-0.05, 0) is 42.6 Å². The third-order valence-corrected chi connectivity index (χ3v) is 7.72. The van der Waals surface area contributed by atoms with Crippen LogP contribution >= 0.6 is 0 Å². The van der Waals surface area contributed by atoms with E-state index in [4.69, 9.17) is 14.7 Å². The predicted molar refractivity (Wildman–Crippen MR) is 158 cm³/mol. The van der Waals surface area contributed by atoms with Gasteiger partial charge in [-0.25, -0.2) is 5.48 Å². The number of aliphatic hydroxyl groups is 1. The van der Waals surface area contributed by atoms with E-state index in [0.717, 1.165) is 28.8 Å². The van der Waals surface area contributed by atoms with Gasteiger partial charge < -0.3 is 19.9 Å². The van der Waals surface area contributed by atoms with Crippen molar-refractivity contribution in [3.05, 3.63) is 107 Å². The maximum Gasteiger partial charge on any atom is 0.243 e. The van der Waals surface area contributed by atoms with Crippen LogP contribution < -0.4 is 10.8 Å². The second-order valence-corrected chi connectivity index (χ2v) is 10.8. The summed E-state index contributed by atoms with van der Waals surface area (Å²) in [6.45, 7) is 3.28. The van der Waals surface area contributed by atoms with Crippen LogP contribution in [0.1, 0.15) is 78.9 Å². The summed E-state index contributed by atoms with van der Waals surface area (Å²) in [6.07, 6.45) is 0.544. The highest BCUT2D eigenvalue weighted by Crippen LogP contribution is 2.38. The number of amides is 2. The molecular formula is C33H41N3O6. The van der Waals surface area contributed by atoms with Gasteiger partial charge in [0.2, 0.25) is 11.8 Å². The molecule has 3 aromatic rings. The van der Waals surface area contributed by atoms with Crippen LogP contribution in [0.4, 0.5) is 0 Å². The van der Waals surface area contributed by atoms with E-state index in [0.29, 0.717) is 19.4 Å². The van der Waals surface area contributed by atoms with Crippen LogP contribution in [0.15, 0.2) is 78.9 Å². The van der Waals surface area contributed by atoms with Crippen LogP contribution in [-0.2, 0) is 32.2 Å². The Kier molecular flexibility index (Phi) is 11.6. The molecule has 4 atom stereocenters. The van der Waals surface area contributed by atoms with Crippen molar-refractivity contribution in [2.45, 2.75) is 70.3 Å². The Morgan fingerprint density at radius 3 is 2.21 bits per heavy atom. The number of nitrogens with zero attached hydrogens (tertiary/aromatic N) is 1. The van der Waals surface area contributed by atoms with Crippen LogP contribution in [0, 0.1) is 0 Å². The quantitative estimate of drug-likeness (QED) is 0.172. The number of hydrogen-bond acceptors (Lipinski definition) is 7. The maximum atomic E-state index is 12.1. The first-order valence-electron chi connectivity index (χ1n) is 14.4. The summed E-state index contributed by atoms with van der Waals surface area (Å²) in [5.41, 5.74) is 6.53. The summed E-state index contributed by atoms with van der Waals surface area (Å²) < 4.78 is 13.0. The second-order valence-electron chi connectivity index (χ2n) is 10.8. The van der Waals surface area contributed by atoms with Crippen molar-refractivity contribution in [1.29, 1.82) is 0 Å². The summed E-state index contributed by atoms with van der Waals surface area (Å²) >= 11 is 0. The fourth-order valence-corrected chi connectivity index (χ4v) is 5.05. The van der Waals surface area contributed by atoms with Crippen LogP contribution in [0.2, 0.25) is 0 Å². The molecule has 3 aromatic carbocycles. The first-order chi connectivity index (χ1) is 20.4. The number of rotatable bonds is 13. The largest absolute Gasteiger partial charge is 0.392 e. The van der Waals surface area contributed by atoms with E-state index in [1.807, 2.05) is 54.6 Å². The number of nitrogens with one attached hydrogen (secondary N) is 2. The first kappa shape index (κ1) is 31.3. The molecule has 1 aliphatic rings. The molecule has 42 heavy (non-hydrogen) atoms. The smallest absolute Gasteiger partial charge is 0.243 e. The van der Waals surface area contributed by atoms with Crippen molar-refractivity contribution >= 4 is 11.8 Å². The Balaban J connectivity index is 1.41. The summed E-state index contributed by atoms with van der Waals surface area (Å²) in [5, 5.41) is 20.9. The normalized spacial score (nSPS) is 19.3. The van der Waals surface area contributed by atoms with Gasteiger partial charge in [-0.3, -0.25) is 19.7 Å². The van der Waals surface area contributed by atoms with Gasteiger partial charge in [0, 0.05) is 44.0 Å². The highest BCUT2D eigenvalue weighted by atomic mass is 16.7. The molecule has 4 rings (SSSR count). The number of hydrogen-bond donors (Lipinski definition) is 4. The predicted octanol–water partition coefficient (Wildman–Crippen LogP) is 4.71. The molecule has 0 saturated carbocycles. The van der Waals surface area contributed by atoms with Gasteiger partial charge in [-0.1, -0.05) is 78.9 Å². The van der Waals surface area contributed by atoms with Gasteiger partial charge in [0.05, 0.1) is 18.8 Å². The summed E-state index contributed by atoms with van der Waals surface area (Å²) in [5.74, 6) is -0.662. The zero-order valence-electron chi connectivity index (χ0n) is 24.2. The molecule has 0 spiro atoms.